The van der Waals surface area contributed by atoms with Crippen LogP contribution in [0.4, 0.5) is 5.69 Å². The fourth-order valence-electron chi connectivity index (χ4n) is 1.75. The highest BCUT2D eigenvalue weighted by atomic mass is 16.2. The van der Waals surface area contributed by atoms with Crippen molar-refractivity contribution in [2.24, 2.45) is 11.7 Å². The molecule has 1 aromatic heterocycles. The fourth-order valence-corrected chi connectivity index (χ4v) is 1.75. The summed E-state index contributed by atoms with van der Waals surface area (Å²) in [7, 11) is 0. The van der Waals surface area contributed by atoms with E-state index in [0.29, 0.717) is 12.2 Å². The Bertz CT molecular complexity index is 435. The summed E-state index contributed by atoms with van der Waals surface area (Å²) in [6.45, 7) is 6.42. The van der Waals surface area contributed by atoms with E-state index in [2.05, 4.69) is 10.4 Å². The van der Waals surface area contributed by atoms with Crippen LogP contribution >= 0.6 is 0 Å². The van der Waals surface area contributed by atoms with Crippen LogP contribution in [0.3, 0.4) is 0 Å². The molecule has 0 radical (unpaired) electrons. The van der Waals surface area contributed by atoms with Gasteiger partial charge in [-0.2, -0.15) is 5.10 Å². The predicted molar refractivity (Wildman–Crippen MR) is 69.1 cm³/mol. The Labute approximate surface area is 107 Å². The van der Waals surface area contributed by atoms with Gasteiger partial charge in [-0.05, 0) is 19.8 Å². The summed E-state index contributed by atoms with van der Waals surface area (Å²) in [6.07, 6.45) is 3.15. The van der Waals surface area contributed by atoms with Crippen LogP contribution in [0.1, 0.15) is 44.1 Å². The molecular formula is C12H20N4O2. The Hall–Kier alpha value is -1.85. The van der Waals surface area contributed by atoms with Crippen LogP contribution in [-0.4, -0.2) is 21.6 Å². The third-order valence-corrected chi connectivity index (χ3v) is 2.93. The average molecular weight is 252 g/mol. The lowest BCUT2D eigenvalue weighted by Crippen LogP contribution is -2.23. The number of nitrogens with two attached hydrogens (primary N) is 1. The molecule has 0 saturated carbocycles. The molecule has 0 aliphatic carbocycles. The molecule has 3 N–H and O–H groups in total. The molecule has 1 aromatic rings. The van der Waals surface area contributed by atoms with Crippen molar-refractivity contribution in [1.82, 2.24) is 9.78 Å². The molecule has 0 atom stereocenters. The van der Waals surface area contributed by atoms with Crippen molar-refractivity contribution in [3.63, 3.8) is 0 Å². The first-order chi connectivity index (χ1) is 8.53. The summed E-state index contributed by atoms with van der Waals surface area (Å²) in [6, 6.07) is 0. The van der Waals surface area contributed by atoms with E-state index in [9.17, 15) is 9.59 Å². The van der Waals surface area contributed by atoms with E-state index in [4.69, 9.17) is 5.73 Å². The largest absolute Gasteiger partial charge is 0.364 e. The lowest BCUT2D eigenvalue weighted by Gasteiger charge is -2.11. The van der Waals surface area contributed by atoms with Crippen LogP contribution in [0.5, 0.6) is 0 Å². The van der Waals surface area contributed by atoms with Gasteiger partial charge in [0.2, 0.25) is 5.91 Å². The minimum Gasteiger partial charge on any atom is -0.364 e. The minimum absolute atomic E-state index is 0.0595. The molecule has 100 valence electrons. The summed E-state index contributed by atoms with van der Waals surface area (Å²) in [5.74, 6) is -0.795. The third-order valence-electron chi connectivity index (χ3n) is 2.93. The molecule has 0 unspecified atom stereocenters. The van der Waals surface area contributed by atoms with Gasteiger partial charge in [-0.3, -0.25) is 14.3 Å². The van der Waals surface area contributed by atoms with E-state index in [1.54, 1.807) is 10.9 Å². The number of anilines is 1. The Morgan fingerprint density at radius 2 is 2.00 bits per heavy atom. The van der Waals surface area contributed by atoms with Gasteiger partial charge in [0.05, 0.1) is 5.69 Å². The number of rotatable bonds is 6. The molecular weight excluding hydrogens is 232 g/mol. The Balaban J connectivity index is 2.92. The summed E-state index contributed by atoms with van der Waals surface area (Å²) in [4.78, 5) is 23.2. The third kappa shape index (κ3) is 3.09. The van der Waals surface area contributed by atoms with E-state index in [0.717, 1.165) is 12.8 Å². The molecule has 0 fully saturated rings. The predicted octanol–water partition coefficient (Wildman–Crippen LogP) is 1.38. The molecule has 1 heterocycles. The maximum atomic E-state index is 11.9. The number of nitrogens with one attached hydrogen (secondary N) is 1. The van der Waals surface area contributed by atoms with Gasteiger partial charge in [-0.25, -0.2) is 0 Å². The van der Waals surface area contributed by atoms with Crippen LogP contribution in [0.25, 0.3) is 0 Å². The van der Waals surface area contributed by atoms with E-state index in [-0.39, 0.29) is 17.5 Å². The van der Waals surface area contributed by atoms with Crippen LogP contribution in [0.15, 0.2) is 6.20 Å². The van der Waals surface area contributed by atoms with E-state index < -0.39 is 5.91 Å². The van der Waals surface area contributed by atoms with Gasteiger partial charge in [-0.15, -0.1) is 0 Å². The molecule has 0 spiro atoms. The Morgan fingerprint density at radius 3 is 2.44 bits per heavy atom. The molecule has 0 saturated heterocycles. The van der Waals surface area contributed by atoms with Gasteiger partial charge in [0.1, 0.15) is 0 Å². The smallest absolute Gasteiger partial charge is 0.271 e. The second kappa shape index (κ2) is 6.18. The number of primary amides is 1. The number of amides is 2. The second-order valence-electron chi connectivity index (χ2n) is 4.11. The number of nitrogens with zero attached hydrogens (tertiary/aromatic N) is 2. The van der Waals surface area contributed by atoms with Gasteiger partial charge in [0.25, 0.3) is 5.91 Å². The standard InChI is InChI=1S/C12H20N4O2/c1-4-8(5-2)12(18)14-9-7-16(6-3)15-10(9)11(13)17/h7-8H,4-6H2,1-3H3,(H2,13,17)(H,14,18). The number of aromatic nitrogens is 2. The molecule has 1 rings (SSSR count). The lowest BCUT2D eigenvalue weighted by atomic mass is 10.0. The van der Waals surface area contributed by atoms with Crippen molar-refractivity contribution in [3.05, 3.63) is 11.9 Å². The van der Waals surface area contributed by atoms with Gasteiger partial charge >= 0.3 is 0 Å². The van der Waals surface area contributed by atoms with Crippen molar-refractivity contribution in [3.8, 4) is 0 Å². The van der Waals surface area contributed by atoms with Gasteiger partial charge in [0, 0.05) is 18.7 Å². The SMILES string of the molecule is CCC(CC)C(=O)Nc1cn(CC)nc1C(N)=O. The molecule has 6 nitrogen and oxygen atoms in total. The summed E-state index contributed by atoms with van der Waals surface area (Å²) in [5, 5.41) is 6.75. The van der Waals surface area contributed by atoms with E-state index >= 15 is 0 Å². The van der Waals surface area contributed by atoms with Crippen LogP contribution in [0, 0.1) is 5.92 Å². The summed E-state index contributed by atoms with van der Waals surface area (Å²) in [5.41, 5.74) is 5.73. The molecule has 18 heavy (non-hydrogen) atoms. The maximum Gasteiger partial charge on any atom is 0.271 e. The zero-order valence-electron chi connectivity index (χ0n) is 11.1. The first-order valence-electron chi connectivity index (χ1n) is 6.21. The van der Waals surface area contributed by atoms with Crippen molar-refractivity contribution in [1.29, 1.82) is 0 Å². The quantitative estimate of drug-likeness (QED) is 0.801. The summed E-state index contributed by atoms with van der Waals surface area (Å²) >= 11 is 0. The number of carbonyl (C=O) groups is 2. The highest BCUT2D eigenvalue weighted by Gasteiger charge is 2.19. The normalized spacial score (nSPS) is 10.7. The van der Waals surface area contributed by atoms with E-state index in [1.807, 2.05) is 20.8 Å². The first kappa shape index (κ1) is 14.2. The second-order valence-corrected chi connectivity index (χ2v) is 4.11. The average Bonchev–Trinajstić information content (AvgIpc) is 2.74. The highest BCUT2D eigenvalue weighted by molar-refractivity contribution is 6.01. The number of hydrogen-bond donors (Lipinski definition) is 2. The van der Waals surface area contributed by atoms with Crippen LogP contribution in [0.2, 0.25) is 0 Å². The maximum absolute atomic E-state index is 11.9. The van der Waals surface area contributed by atoms with E-state index in [1.165, 1.54) is 0 Å². The zero-order valence-corrected chi connectivity index (χ0v) is 11.1. The Morgan fingerprint density at radius 1 is 1.39 bits per heavy atom. The number of aryl methyl sites for hydroxylation is 1. The van der Waals surface area contributed by atoms with Crippen molar-refractivity contribution in [2.75, 3.05) is 5.32 Å². The molecule has 2 amide bonds. The van der Waals surface area contributed by atoms with Crippen LogP contribution < -0.4 is 11.1 Å². The van der Waals surface area contributed by atoms with Crippen LogP contribution in [-0.2, 0) is 11.3 Å². The monoisotopic (exact) mass is 252 g/mol. The molecule has 0 aliphatic rings. The number of carbonyl (C=O) groups excluding carboxylic acids is 2. The van der Waals surface area contributed by atoms with Gasteiger partial charge in [0.15, 0.2) is 5.69 Å². The van der Waals surface area contributed by atoms with Crippen molar-refractivity contribution < 1.29 is 9.59 Å². The fraction of sp³-hybridized carbons (Fsp3) is 0.583. The highest BCUT2D eigenvalue weighted by Crippen LogP contribution is 2.16. The van der Waals surface area contributed by atoms with Gasteiger partial charge in [-0.1, -0.05) is 13.8 Å². The zero-order chi connectivity index (χ0) is 13.7. The Kier molecular flexibility index (Phi) is 4.88. The molecule has 0 bridgehead atoms. The first-order valence-corrected chi connectivity index (χ1v) is 6.21. The number of hydrogen-bond acceptors (Lipinski definition) is 3. The molecule has 0 aliphatic heterocycles. The van der Waals surface area contributed by atoms with Gasteiger partial charge < -0.3 is 11.1 Å². The van der Waals surface area contributed by atoms with Crippen molar-refractivity contribution in [2.45, 2.75) is 40.2 Å². The molecule has 6 heteroatoms. The summed E-state index contributed by atoms with van der Waals surface area (Å²) < 4.78 is 1.57. The minimum atomic E-state index is -0.637. The topological polar surface area (TPSA) is 90.0 Å². The molecule has 0 aromatic carbocycles. The lowest BCUT2D eigenvalue weighted by molar-refractivity contribution is -0.120. The van der Waals surface area contributed by atoms with Crippen molar-refractivity contribution >= 4 is 17.5 Å².